The number of hydrogen-bond donors (Lipinski definition) is 1. The van der Waals surface area contributed by atoms with Gasteiger partial charge >= 0.3 is 0 Å². The van der Waals surface area contributed by atoms with Gasteiger partial charge < -0.3 is 5.73 Å². The summed E-state index contributed by atoms with van der Waals surface area (Å²) in [6.45, 7) is 11.9. The summed E-state index contributed by atoms with van der Waals surface area (Å²) in [5.74, 6) is 0. The van der Waals surface area contributed by atoms with Crippen LogP contribution >= 0.6 is 0 Å². The summed E-state index contributed by atoms with van der Waals surface area (Å²) in [6, 6.07) is 0. The topological polar surface area (TPSA) is 26.0 Å². The van der Waals surface area contributed by atoms with Crippen molar-refractivity contribution >= 4 is 0 Å². The van der Waals surface area contributed by atoms with Crippen molar-refractivity contribution in [1.82, 2.24) is 0 Å². The van der Waals surface area contributed by atoms with Crippen LogP contribution in [0.2, 0.25) is 0 Å². The predicted octanol–water partition coefficient (Wildman–Crippen LogP) is 3.50. The van der Waals surface area contributed by atoms with Gasteiger partial charge in [0, 0.05) is 6.54 Å². The Hall–Kier alpha value is -0.300. The van der Waals surface area contributed by atoms with E-state index in [1.165, 1.54) is 37.7 Å². The van der Waals surface area contributed by atoms with Gasteiger partial charge in [-0.1, -0.05) is 39.3 Å². The lowest BCUT2D eigenvalue weighted by Gasteiger charge is -2.55. The highest BCUT2D eigenvalue weighted by Crippen LogP contribution is 2.59. The highest BCUT2D eigenvalue weighted by molar-refractivity contribution is 5.19. The maximum absolute atomic E-state index is 5.79. The number of hydrogen-bond acceptors (Lipinski definition) is 1. The summed E-state index contributed by atoms with van der Waals surface area (Å²) >= 11 is 0. The number of rotatable bonds is 5. The maximum atomic E-state index is 5.79. The largest absolute Gasteiger partial charge is 0.327 e. The van der Waals surface area contributed by atoms with Crippen LogP contribution in [0.3, 0.4) is 0 Å². The van der Waals surface area contributed by atoms with Crippen molar-refractivity contribution < 1.29 is 0 Å². The minimum Gasteiger partial charge on any atom is -0.327 e. The Morgan fingerprint density at radius 3 is 2.07 bits per heavy atom. The van der Waals surface area contributed by atoms with Crippen LogP contribution in [0.1, 0.15) is 52.9 Å². The summed E-state index contributed by atoms with van der Waals surface area (Å²) in [7, 11) is 0. The van der Waals surface area contributed by atoms with E-state index in [9.17, 15) is 0 Å². The molecule has 0 saturated heterocycles. The molecule has 82 valence electrons. The first-order valence-corrected chi connectivity index (χ1v) is 5.94. The highest BCUT2D eigenvalue weighted by atomic mass is 14.6. The second-order valence-corrected chi connectivity index (χ2v) is 5.01. The second-order valence-electron chi connectivity index (χ2n) is 5.01. The lowest BCUT2D eigenvalue weighted by Crippen LogP contribution is -2.46. The van der Waals surface area contributed by atoms with E-state index in [1.807, 2.05) is 0 Å². The van der Waals surface area contributed by atoms with Gasteiger partial charge in [0.2, 0.25) is 0 Å². The molecule has 0 bridgehead atoms. The van der Waals surface area contributed by atoms with Crippen molar-refractivity contribution in [2.24, 2.45) is 16.6 Å². The molecule has 1 nitrogen and oxygen atoms in total. The molecule has 0 aromatic rings. The van der Waals surface area contributed by atoms with Crippen LogP contribution < -0.4 is 5.73 Å². The van der Waals surface area contributed by atoms with E-state index in [0.717, 1.165) is 0 Å². The first-order valence-electron chi connectivity index (χ1n) is 5.94. The molecular formula is C13H25N. The third-order valence-electron chi connectivity index (χ3n) is 4.74. The molecule has 1 aliphatic carbocycles. The van der Waals surface area contributed by atoms with E-state index < -0.39 is 0 Å². The lowest BCUT2D eigenvalue weighted by molar-refractivity contribution is -0.00328. The molecule has 1 rings (SSSR count). The molecule has 0 aliphatic heterocycles. The van der Waals surface area contributed by atoms with Crippen molar-refractivity contribution in [2.45, 2.75) is 52.9 Å². The molecule has 0 radical (unpaired) electrons. The van der Waals surface area contributed by atoms with Gasteiger partial charge in [-0.2, -0.15) is 0 Å². The van der Waals surface area contributed by atoms with Crippen molar-refractivity contribution in [3.05, 3.63) is 12.2 Å². The van der Waals surface area contributed by atoms with E-state index in [1.54, 1.807) is 0 Å². The Bertz CT molecular complexity index is 209. The zero-order chi connectivity index (χ0) is 10.8. The van der Waals surface area contributed by atoms with Gasteiger partial charge in [-0.15, -0.1) is 0 Å². The van der Waals surface area contributed by atoms with Crippen LogP contribution in [0.5, 0.6) is 0 Å². The van der Waals surface area contributed by atoms with E-state index in [0.29, 0.717) is 17.4 Å². The normalized spacial score (nSPS) is 20.3. The van der Waals surface area contributed by atoms with Gasteiger partial charge in [0.05, 0.1) is 0 Å². The molecule has 0 spiro atoms. The first-order chi connectivity index (χ1) is 6.56. The molecule has 0 unspecified atom stereocenters. The van der Waals surface area contributed by atoms with Gasteiger partial charge in [-0.05, 0) is 36.5 Å². The van der Waals surface area contributed by atoms with Crippen LogP contribution in [0, 0.1) is 10.8 Å². The van der Waals surface area contributed by atoms with Gasteiger partial charge in [-0.25, -0.2) is 0 Å². The fraction of sp³-hybridized carbons (Fsp3) is 0.846. The molecule has 1 heteroatoms. The Balaban J connectivity index is 2.96. The summed E-state index contributed by atoms with van der Waals surface area (Å²) in [6.07, 6.45) is 6.48. The third-order valence-corrected chi connectivity index (χ3v) is 4.74. The Morgan fingerprint density at radius 1 is 1.36 bits per heavy atom. The average molecular weight is 195 g/mol. The molecule has 1 saturated carbocycles. The molecular weight excluding hydrogens is 170 g/mol. The third kappa shape index (κ3) is 1.42. The van der Waals surface area contributed by atoms with E-state index in [-0.39, 0.29) is 0 Å². The molecule has 14 heavy (non-hydrogen) atoms. The van der Waals surface area contributed by atoms with Crippen molar-refractivity contribution in [1.29, 1.82) is 0 Å². The number of nitrogens with two attached hydrogens (primary N) is 1. The maximum Gasteiger partial charge on any atom is 0.0139 e. The minimum absolute atomic E-state index is 0.306. The van der Waals surface area contributed by atoms with Crippen molar-refractivity contribution in [3.8, 4) is 0 Å². The second kappa shape index (κ2) is 4.06. The van der Waals surface area contributed by atoms with Crippen LogP contribution in [-0.2, 0) is 0 Å². The monoisotopic (exact) mass is 195 g/mol. The standard InChI is InChI=1S/C13H25N/c1-5-13(6-2,11(3)10-14)12(4)8-7-9-12/h3,5-10,14H2,1-2,4H3. The summed E-state index contributed by atoms with van der Waals surface area (Å²) in [5, 5.41) is 0. The van der Waals surface area contributed by atoms with Gasteiger partial charge in [0.1, 0.15) is 0 Å². The minimum atomic E-state index is 0.306. The van der Waals surface area contributed by atoms with Crippen LogP contribution in [0.25, 0.3) is 0 Å². The Labute approximate surface area is 88.8 Å². The summed E-state index contributed by atoms with van der Waals surface area (Å²) in [4.78, 5) is 0. The molecule has 0 aromatic heterocycles. The van der Waals surface area contributed by atoms with E-state index in [2.05, 4.69) is 27.4 Å². The Kier molecular flexibility index (Phi) is 3.41. The molecule has 2 N–H and O–H groups in total. The van der Waals surface area contributed by atoms with Crippen LogP contribution in [0.15, 0.2) is 12.2 Å². The molecule has 1 fully saturated rings. The predicted molar refractivity (Wildman–Crippen MR) is 63.2 cm³/mol. The smallest absolute Gasteiger partial charge is 0.0139 e. The average Bonchev–Trinajstić information content (AvgIpc) is 2.17. The van der Waals surface area contributed by atoms with Crippen molar-refractivity contribution in [2.75, 3.05) is 6.54 Å². The Morgan fingerprint density at radius 2 is 1.86 bits per heavy atom. The molecule has 0 amide bonds. The molecule has 1 aliphatic rings. The summed E-state index contributed by atoms with van der Waals surface area (Å²) < 4.78 is 0. The van der Waals surface area contributed by atoms with Gasteiger partial charge in [0.15, 0.2) is 0 Å². The molecule has 0 atom stereocenters. The molecule has 0 heterocycles. The summed E-state index contributed by atoms with van der Waals surface area (Å²) in [5.41, 5.74) is 7.84. The van der Waals surface area contributed by atoms with Gasteiger partial charge in [-0.3, -0.25) is 0 Å². The highest BCUT2D eigenvalue weighted by Gasteiger charge is 2.49. The van der Waals surface area contributed by atoms with Gasteiger partial charge in [0.25, 0.3) is 0 Å². The van der Waals surface area contributed by atoms with E-state index in [4.69, 9.17) is 5.73 Å². The quantitative estimate of drug-likeness (QED) is 0.668. The van der Waals surface area contributed by atoms with Crippen LogP contribution in [0.4, 0.5) is 0 Å². The van der Waals surface area contributed by atoms with Crippen LogP contribution in [-0.4, -0.2) is 6.54 Å². The lowest BCUT2D eigenvalue weighted by atomic mass is 9.50. The zero-order valence-corrected chi connectivity index (χ0v) is 10.0. The zero-order valence-electron chi connectivity index (χ0n) is 10.0. The van der Waals surface area contributed by atoms with E-state index >= 15 is 0 Å². The SMILES string of the molecule is C=C(CN)C(CC)(CC)C1(C)CCC1. The molecule has 0 aromatic carbocycles. The van der Waals surface area contributed by atoms with Crippen molar-refractivity contribution in [3.63, 3.8) is 0 Å². The fourth-order valence-electron chi connectivity index (χ4n) is 3.41. The first kappa shape index (κ1) is 11.8. The fourth-order valence-corrected chi connectivity index (χ4v) is 3.41.